The molecule has 4 heteroatoms. The second-order valence-corrected chi connectivity index (χ2v) is 5.47. The van der Waals surface area contributed by atoms with Gasteiger partial charge in [-0.2, -0.15) is 0 Å². The van der Waals surface area contributed by atoms with Crippen LogP contribution in [0, 0.1) is 11.7 Å². The highest BCUT2D eigenvalue weighted by Gasteiger charge is 2.19. The first kappa shape index (κ1) is 14.3. The van der Waals surface area contributed by atoms with Crippen LogP contribution in [0.25, 0.3) is 11.0 Å². The Balaban J connectivity index is 2.57. The van der Waals surface area contributed by atoms with Gasteiger partial charge in [0.1, 0.15) is 11.6 Å². The number of benzene rings is 1. The molecule has 0 amide bonds. The Morgan fingerprint density at radius 2 is 2.11 bits per heavy atom. The minimum atomic E-state index is -0.245. The predicted molar refractivity (Wildman–Crippen MR) is 78.3 cm³/mol. The zero-order valence-corrected chi connectivity index (χ0v) is 12.4. The minimum absolute atomic E-state index is 0.245. The van der Waals surface area contributed by atoms with E-state index in [1.165, 1.54) is 12.1 Å². The quantitative estimate of drug-likeness (QED) is 0.735. The summed E-state index contributed by atoms with van der Waals surface area (Å²) in [6, 6.07) is 5.13. The maximum atomic E-state index is 13.3. The molecule has 0 radical (unpaired) electrons. The number of imidazole rings is 1. The molecule has 0 aliphatic rings. The lowest BCUT2D eigenvalue weighted by Crippen LogP contribution is -2.16. The van der Waals surface area contributed by atoms with E-state index < -0.39 is 0 Å². The van der Waals surface area contributed by atoms with Crippen LogP contribution in [0.2, 0.25) is 0 Å². The van der Waals surface area contributed by atoms with Crippen LogP contribution < -0.4 is 0 Å². The van der Waals surface area contributed by atoms with Crippen molar-refractivity contribution in [2.24, 2.45) is 5.92 Å². The second-order valence-electron chi connectivity index (χ2n) is 5.10. The molecule has 0 fully saturated rings. The van der Waals surface area contributed by atoms with Gasteiger partial charge in [0.2, 0.25) is 0 Å². The highest BCUT2D eigenvalue weighted by Crippen LogP contribution is 2.28. The molecule has 0 N–H and O–H groups in total. The normalized spacial score (nSPS) is 14.8. The topological polar surface area (TPSA) is 17.8 Å². The van der Waals surface area contributed by atoms with Crippen molar-refractivity contribution in [3.63, 3.8) is 0 Å². The summed E-state index contributed by atoms with van der Waals surface area (Å²) in [5.74, 6) is 1.77. The van der Waals surface area contributed by atoms with Gasteiger partial charge in [-0.15, -0.1) is 11.6 Å². The molecule has 2 unspecified atom stereocenters. The number of halogens is 2. The Morgan fingerprint density at radius 3 is 2.74 bits per heavy atom. The summed E-state index contributed by atoms with van der Waals surface area (Å²) in [4.78, 5) is 4.54. The highest BCUT2D eigenvalue weighted by atomic mass is 35.5. The van der Waals surface area contributed by atoms with E-state index in [-0.39, 0.29) is 5.82 Å². The average molecular weight is 283 g/mol. The van der Waals surface area contributed by atoms with Gasteiger partial charge in [-0.05, 0) is 25.0 Å². The van der Waals surface area contributed by atoms with Crippen LogP contribution in [0.1, 0.15) is 39.1 Å². The first-order valence-corrected chi connectivity index (χ1v) is 7.34. The van der Waals surface area contributed by atoms with E-state index in [1.807, 2.05) is 6.07 Å². The fourth-order valence-corrected chi connectivity index (χ4v) is 2.60. The van der Waals surface area contributed by atoms with E-state index in [4.69, 9.17) is 11.6 Å². The lowest BCUT2D eigenvalue weighted by atomic mass is 10.0. The zero-order valence-electron chi connectivity index (χ0n) is 11.7. The molecule has 1 heterocycles. The van der Waals surface area contributed by atoms with Crippen molar-refractivity contribution in [2.75, 3.05) is 5.88 Å². The van der Waals surface area contributed by atoms with E-state index >= 15 is 0 Å². The van der Waals surface area contributed by atoms with E-state index in [0.717, 1.165) is 23.3 Å². The maximum Gasteiger partial charge on any atom is 0.125 e. The number of hydrogen-bond acceptors (Lipinski definition) is 1. The van der Waals surface area contributed by atoms with Gasteiger partial charge in [-0.3, -0.25) is 0 Å². The van der Waals surface area contributed by atoms with Gasteiger partial charge in [-0.25, -0.2) is 9.37 Å². The van der Waals surface area contributed by atoms with Crippen molar-refractivity contribution in [3.8, 4) is 0 Å². The molecule has 2 aromatic rings. The van der Waals surface area contributed by atoms with E-state index in [2.05, 4.69) is 30.3 Å². The Kier molecular flexibility index (Phi) is 4.46. The molecule has 0 aliphatic carbocycles. The van der Waals surface area contributed by atoms with Gasteiger partial charge < -0.3 is 4.57 Å². The van der Waals surface area contributed by atoms with Crippen molar-refractivity contribution in [3.05, 3.63) is 29.8 Å². The molecule has 2 rings (SSSR count). The largest absolute Gasteiger partial charge is 0.325 e. The van der Waals surface area contributed by atoms with E-state index in [0.29, 0.717) is 24.3 Å². The Hall–Kier alpha value is -1.09. The Bertz CT molecular complexity index is 565. The SMILES string of the molecule is CCC(C)C(C)n1c(CCCl)nc2cc(F)ccc21. The fraction of sp³-hybridized carbons (Fsp3) is 0.533. The van der Waals surface area contributed by atoms with Crippen LogP contribution in [0.4, 0.5) is 4.39 Å². The lowest BCUT2D eigenvalue weighted by Gasteiger charge is -2.23. The van der Waals surface area contributed by atoms with Gasteiger partial charge >= 0.3 is 0 Å². The summed E-state index contributed by atoms with van der Waals surface area (Å²) in [6.45, 7) is 6.60. The van der Waals surface area contributed by atoms with Crippen LogP contribution in [-0.4, -0.2) is 15.4 Å². The number of aryl methyl sites for hydroxylation is 1. The molecular weight excluding hydrogens is 263 g/mol. The van der Waals surface area contributed by atoms with Crippen molar-refractivity contribution in [1.29, 1.82) is 0 Å². The highest BCUT2D eigenvalue weighted by molar-refractivity contribution is 6.17. The predicted octanol–water partition coefficient (Wildman–Crippen LogP) is 4.56. The summed E-state index contributed by atoms with van der Waals surface area (Å²) in [5.41, 5.74) is 1.71. The molecule has 0 spiro atoms. The molecule has 0 bridgehead atoms. The number of alkyl halides is 1. The Morgan fingerprint density at radius 1 is 1.37 bits per heavy atom. The van der Waals surface area contributed by atoms with Crippen molar-refractivity contribution in [2.45, 2.75) is 39.7 Å². The standard InChI is InChI=1S/C15H20ClFN2/c1-4-10(2)11(3)19-14-6-5-12(17)9-13(14)18-15(19)7-8-16/h5-6,9-11H,4,7-8H2,1-3H3. The van der Waals surface area contributed by atoms with Gasteiger partial charge in [0.25, 0.3) is 0 Å². The first-order chi connectivity index (χ1) is 9.08. The summed E-state index contributed by atoms with van der Waals surface area (Å²) in [6.07, 6.45) is 1.81. The number of nitrogens with zero attached hydrogens (tertiary/aromatic N) is 2. The number of rotatable bonds is 5. The molecule has 0 aliphatic heterocycles. The third-order valence-corrected chi connectivity index (χ3v) is 4.11. The number of hydrogen-bond donors (Lipinski definition) is 0. The molecule has 1 aromatic heterocycles. The molecule has 2 nitrogen and oxygen atoms in total. The van der Waals surface area contributed by atoms with Crippen LogP contribution >= 0.6 is 11.6 Å². The van der Waals surface area contributed by atoms with E-state index in [9.17, 15) is 4.39 Å². The summed E-state index contributed by atoms with van der Waals surface area (Å²) < 4.78 is 15.5. The van der Waals surface area contributed by atoms with Crippen LogP contribution in [-0.2, 0) is 6.42 Å². The molecule has 2 atom stereocenters. The lowest BCUT2D eigenvalue weighted by molar-refractivity contribution is 0.369. The van der Waals surface area contributed by atoms with Crippen molar-refractivity contribution in [1.82, 2.24) is 9.55 Å². The monoisotopic (exact) mass is 282 g/mol. The molecule has 0 saturated heterocycles. The van der Waals surface area contributed by atoms with Gasteiger partial charge in [0.15, 0.2) is 0 Å². The zero-order chi connectivity index (χ0) is 14.0. The molecule has 104 valence electrons. The maximum absolute atomic E-state index is 13.3. The van der Waals surface area contributed by atoms with Gasteiger partial charge in [0.05, 0.1) is 11.0 Å². The van der Waals surface area contributed by atoms with Crippen LogP contribution in [0.3, 0.4) is 0 Å². The fourth-order valence-electron chi connectivity index (χ4n) is 2.43. The number of fused-ring (bicyclic) bond motifs is 1. The Labute approximate surface area is 118 Å². The average Bonchev–Trinajstić information content (AvgIpc) is 2.74. The first-order valence-electron chi connectivity index (χ1n) is 6.80. The third-order valence-electron chi connectivity index (χ3n) is 3.92. The van der Waals surface area contributed by atoms with Gasteiger partial charge in [0, 0.05) is 24.4 Å². The van der Waals surface area contributed by atoms with Crippen molar-refractivity contribution >= 4 is 22.6 Å². The summed E-state index contributed by atoms with van der Waals surface area (Å²) in [7, 11) is 0. The minimum Gasteiger partial charge on any atom is -0.325 e. The van der Waals surface area contributed by atoms with E-state index in [1.54, 1.807) is 0 Å². The van der Waals surface area contributed by atoms with Crippen molar-refractivity contribution < 1.29 is 4.39 Å². The number of aromatic nitrogens is 2. The molecule has 19 heavy (non-hydrogen) atoms. The summed E-state index contributed by atoms with van der Waals surface area (Å²) >= 11 is 5.86. The smallest absolute Gasteiger partial charge is 0.125 e. The summed E-state index contributed by atoms with van der Waals surface area (Å²) in [5, 5.41) is 0. The molecule has 1 aromatic carbocycles. The molecular formula is C15H20ClFN2. The third kappa shape index (κ3) is 2.76. The van der Waals surface area contributed by atoms with Gasteiger partial charge in [-0.1, -0.05) is 20.3 Å². The molecule has 0 saturated carbocycles. The van der Waals surface area contributed by atoms with Crippen LogP contribution in [0.5, 0.6) is 0 Å². The van der Waals surface area contributed by atoms with Crippen LogP contribution in [0.15, 0.2) is 18.2 Å². The second kappa shape index (κ2) is 5.91.